The van der Waals surface area contributed by atoms with Gasteiger partial charge in [0.25, 0.3) is 11.4 Å². The molecule has 0 spiro atoms. The van der Waals surface area contributed by atoms with Crippen LogP contribution in [0.5, 0.6) is 0 Å². The molecule has 0 aromatic heterocycles. The fraction of sp³-hybridized carbons (Fsp3) is 0.222. The molecule has 2 rings (SSSR count). The molecular weight excluding hydrogens is 402 g/mol. The highest BCUT2D eigenvalue weighted by molar-refractivity contribution is 6.05. The highest BCUT2D eigenvalue weighted by atomic mass is 16.6. The number of aliphatic hydroxyl groups excluding tert-OH is 1. The molecule has 0 saturated carbocycles. The van der Waals surface area contributed by atoms with Gasteiger partial charge in [-0.25, -0.2) is 9.59 Å². The van der Waals surface area contributed by atoms with Gasteiger partial charge in [-0.1, -0.05) is 6.08 Å². The second-order valence-electron chi connectivity index (χ2n) is 5.77. The van der Waals surface area contributed by atoms with E-state index in [0.29, 0.717) is 0 Å². The average Bonchev–Trinajstić information content (AvgIpc) is 2.95. The number of aliphatic hydroxyl groups is 1. The maximum absolute atomic E-state index is 12.5. The lowest BCUT2D eigenvalue weighted by Crippen LogP contribution is -2.28. The standard InChI is InChI=1S/C18H17N3O9/c1-29-17(23)13-5-3-4-7-19(16(13)18(24)30-2)14-9-11(20(25)26)10-15(21(27)28)12(14)6-8-22/h3-5,7,9-10,22H,6,8H2,1-2H3. The van der Waals surface area contributed by atoms with Crippen LogP contribution >= 0.6 is 0 Å². The van der Waals surface area contributed by atoms with E-state index in [-0.39, 0.29) is 28.9 Å². The summed E-state index contributed by atoms with van der Waals surface area (Å²) in [6, 6.07) is 1.77. The zero-order valence-corrected chi connectivity index (χ0v) is 15.9. The summed E-state index contributed by atoms with van der Waals surface area (Å²) in [6.45, 7) is -0.511. The minimum atomic E-state index is -0.990. The number of nitro benzene ring substituents is 2. The van der Waals surface area contributed by atoms with E-state index in [0.717, 1.165) is 31.3 Å². The van der Waals surface area contributed by atoms with Gasteiger partial charge in [-0.05, 0) is 12.2 Å². The fourth-order valence-corrected chi connectivity index (χ4v) is 2.83. The number of methoxy groups -OCH3 is 2. The molecule has 1 N–H and O–H groups in total. The number of rotatable bonds is 7. The summed E-state index contributed by atoms with van der Waals surface area (Å²) in [5.41, 5.74) is -2.07. The van der Waals surface area contributed by atoms with Crippen LogP contribution < -0.4 is 4.90 Å². The Morgan fingerprint density at radius 1 is 1.07 bits per heavy atom. The Labute approximate surface area is 169 Å². The van der Waals surface area contributed by atoms with Crippen LogP contribution in [0.3, 0.4) is 0 Å². The van der Waals surface area contributed by atoms with E-state index in [9.17, 15) is 34.9 Å². The van der Waals surface area contributed by atoms with Crippen molar-refractivity contribution in [1.29, 1.82) is 0 Å². The molecule has 0 atom stereocenters. The number of allylic oxidation sites excluding steroid dienone is 2. The lowest BCUT2D eigenvalue weighted by Gasteiger charge is -2.25. The molecule has 158 valence electrons. The first-order valence-corrected chi connectivity index (χ1v) is 8.38. The van der Waals surface area contributed by atoms with Gasteiger partial charge in [-0.3, -0.25) is 20.2 Å². The van der Waals surface area contributed by atoms with E-state index >= 15 is 0 Å². The number of anilines is 1. The molecule has 0 unspecified atom stereocenters. The van der Waals surface area contributed by atoms with Crippen molar-refractivity contribution in [3.05, 3.63) is 73.6 Å². The number of hydrogen-bond donors (Lipinski definition) is 1. The summed E-state index contributed by atoms with van der Waals surface area (Å²) >= 11 is 0. The molecule has 12 nitrogen and oxygen atoms in total. The minimum Gasteiger partial charge on any atom is -0.465 e. The van der Waals surface area contributed by atoms with Crippen LogP contribution in [0.4, 0.5) is 17.1 Å². The first-order chi connectivity index (χ1) is 14.3. The molecule has 1 aromatic carbocycles. The average molecular weight is 419 g/mol. The van der Waals surface area contributed by atoms with Gasteiger partial charge in [0.15, 0.2) is 0 Å². The number of ether oxygens (including phenoxy) is 2. The van der Waals surface area contributed by atoms with Gasteiger partial charge in [-0.15, -0.1) is 0 Å². The van der Waals surface area contributed by atoms with Crippen molar-refractivity contribution in [1.82, 2.24) is 0 Å². The van der Waals surface area contributed by atoms with E-state index in [1.165, 1.54) is 24.4 Å². The maximum atomic E-state index is 12.5. The van der Waals surface area contributed by atoms with Gasteiger partial charge in [0.05, 0.1) is 47.0 Å². The molecule has 1 aromatic rings. The number of benzene rings is 1. The van der Waals surface area contributed by atoms with Gasteiger partial charge in [0, 0.05) is 25.3 Å². The first-order valence-electron chi connectivity index (χ1n) is 8.38. The summed E-state index contributed by atoms with van der Waals surface area (Å²) < 4.78 is 9.44. The molecule has 12 heteroatoms. The monoisotopic (exact) mass is 419 g/mol. The molecule has 0 aliphatic carbocycles. The molecule has 0 amide bonds. The maximum Gasteiger partial charge on any atom is 0.355 e. The Morgan fingerprint density at radius 3 is 2.27 bits per heavy atom. The second-order valence-corrected chi connectivity index (χ2v) is 5.77. The summed E-state index contributed by atoms with van der Waals surface area (Å²) in [5, 5.41) is 32.3. The summed E-state index contributed by atoms with van der Waals surface area (Å²) in [6.07, 6.45) is 5.12. The Bertz CT molecular complexity index is 995. The highest BCUT2D eigenvalue weighted by Gasteiger charge is 2.32. The quantitative estimate of drug-likeness (QED) is 0.389. The van der Waals surface area contributed by atoms with Crippen LogP contribution in [0.25, 0.3) is 0 Å². The molecule has 1 heterocycles. The lowest BCUT2D eigenvalue weighted by molar-refractivity contribution is -0.394. The zero-order chi connectivity index (χ0) is 22.4. The van der Waals surface area contributed by atoms with Crippen LogP contribution in [0.15, 0.2) is 47.8 Å². The normalized spacial score (nSPS) is 13.1. The van der Waals surface area contributed by atoms with E-state index < -0.39 is 39.8 Å². The van der Waals surface area contributed by atoms with Crippen LogP contribution in [-0.2, 0) is 25.5 Å². The van der Waals surface area contributed by atoms with Crippen LogP contribution in [0.2, 0.25) is 0 Å². The third kappa shape index (κ3) is 4.33. The molecule has 0 radical (unpaired) electrons. The number of carbonyl (C=O) groups is 2. The number of nitrogens with zero attached hydrogens (tertiary/aromatic N) is 3. The molecule has 0 saturated heterocycles. The number of esters is 2. The van der Waals surface area contributed by atoms with Gasteiger partial charge in [0.1, 0.15) is 5.70 Å². The highest BCUT2D eigenvalue weighted by Crippen LogP contribution is 2.38. The topological polar surface area (TPSA) is 162 Å². The third-order valence-electron chi connectivity index (χ3n) is 4.11. The largest absolute Gasteiger partial charge is 0.465 e. The van der Waals surface area contributed by atoms with E-state index in [2.05, 4.69) is 4.74 Å². The first kappa shape index (κ1) is 22.2. The van der Waals surface area contributed by atoms with Gasteiger partial charge >= 0.3 is 11.9 Å². The Morgan fingerprint density at radius 2 is 1.73 bits per heavy atom. The van der Waals surface area contributed by atoms with Gasteiger partial charge in [0.2, 0.25) is 0 Å². The second kappa shape index (κ2) is 9.43. The van der Waals surface area contributed by atoms with Gasteiger partial charge in [-0.2, -0.15) is 0 Å². The van der Waals surface area contributed by atoms with Gasteiger partial charge < -0.3 is 19.5 Å². The predicted molar refractivity (Wildman–Crippen MR) is 102 cm³/mol. The zero-order valence-electron chi connectivity index (χ0n) is 15.9. The van der Waals surface area contributed by atoms with Crippen molar-refractivity contribution >= 4 is 29.0 Å². The molecule has 0 fully saturated rings. The van der Waals surface area contributed by atoms with E-state index in [1.807, 2.05) is 0 Å². The third-order valence-corrected chi connectivity index (χ3v) is 4.11. The molecular formula is C18H17N3O9. The number of carbonyl (C=O) groups excluding carboxylic acids is 2. The van der Waals surface area contributed by atoms with Crippen molar-refractivity contribution in [2.24, 2.45) is 0 Å². The lowest BCUT2D eigenvalue weighted by atomic mass is 10.0. The van der Waals surface area contributed by atoms with Crippen molar-refractivity contribution in [2.45, 2.75) is 6.42 Å². The van der Waals surface area contributed by atoms with E-state index in [1.54, 1.807) is 0 Å². The Hall–Kier alpha value is -4.06. The molecule has 30 heavy (non-hydrogen) atoms. The van der Waals surface area contributed by atoms with Crippen molar-refractivity contribution in [2.75, 3.05) is 25.7 Å². The van der Waals surface area contributed by atoms with E-state index in [4.69, 9.17) is 4.74 Å². The van der Waals surface area contributed by atoms with Crippen molar-refractivity contribution < 1.29 is 34.0 Å². The number of non-ortho nitro benzene ring substituents is 1. The van der Waals surface area contributed by atoms with Crippen LogP contribution in [0.1, 0.15) is 5.56 Å². The van der Waals surface area contributed by atoms with Crippen molar-refractivity contribution in [3.8, 4) is 0 Å². The SMILES string of the molecule is COC(=O)C1=C(C(=O)OC)N(c2cc([N+](=O)[O-])cc([N+](=O)[O-])c2CCO)C=CC=C1. The van der Waals surface area contributed by atoms with Crippen LogP contribution in [0, 0.1) is 20.2 Å². The molecule has 1 aliphatic heterocycles. The fourth-order valence-electron chi connectivity index (χ4n) is 2.83. The van der Waals surface area contributed by atoms with Crippen LogP contribution in [-0.4, -0.2) is 47.7 Å². The summed E-state index contributed by atoms with van der Waals surface area (Å²) in [5.74, 6) is -1.89. The smallest absolute Gasteiger partial charge is 0.355 e. The summed E-state index contributed by atoms with van der Waals surface area (Å²) in [4.78, 5) is 47.0. The predicted octanol–water partition coefficient (Wildman–Crippen LogP) is 1.53. The Kier molecular flexibility index (Phi) is 6.99. The molecule has 1 aliphatic rings. The minimum absolute atomic E-state index is 0.0785. The number of nitro groups is 2. The summed E-state index contributed by atoms with van der Waals surface area (Å²) in [7, 11) is 2.15. The van der Waals surface area contributed by atoms with Crippen molar-refractivity contribution in [3.63, 3.8) is 0 Å². The Balaban J connectivity index is 2.93. The molecule has 0 bridgehead atoms. The number of hydrogen-bond acceptors (Lipinski definition) is 10.